The van der Waals surface area contributed by atoms with Crippen molar-refractivity contribution >= 4 is 22.0 Å². The summed E-state index contributed by atoms with van der Waals surface area (Å²) < 4.78 is 32.1. The van der Waals surface area contributed by atoms with Crippen LogP contribution < -0.4 is 4.74 Å². The van der Waals surface area contributed by atoms with Gasteiger partial charge >= 0.3 is 0 Å². The van der Waals surface area contributed by atoms with Gasteiger partial charge in [0.1, 0.15) is 5.75 Å². The third-order valence-electron chi connectivity index (χ3n) is 6.18. The van der Waals surface area contributed by atoms with Crippen molar-refractivity contribution in [2.75, 3.05) is 20.2 Å². The molecule has 170 valence electrons. The summed E-state index contributed by atoms with van der Waals surface area (Å²) in [6, 6.07) is 17.5. The van der Waals surface area contributed by atoms with Crippen LogP contribution in [0.25, 0.3) is 6.08 Å². The molecule has 0 bridgehead atoms. The highest BCUT2D eigenvalue weighted by molar-refractivity contribution is 7.92. The van der Waals surface area contributed by atoms with Crippen LogP contribution in [0.1, 0.15) is 36.8 Å². The molecule has 0 spiro atoms. The minimum Gasteiger partial charge on any atom is -0.497 e. The fourth-order valence-electron chi connectivity index (χ4n) is 4.11. The normalized spacial score (nSPS) is 18.0. The van der Waals surface area contributed by atoms with Gasteiger partial charge in [-0.05, 0) is 55.0 Å². The Bertz CT molecular complexity index is 1040. The standard InChI is InChI=1S/C25H30N2O4S/c1-31-24-11-7-21(8-12-24)19-27(23-9-10-23)25(28)22-13-16-26(17-14-22)32(29,30)18-15-20-5-3-2-4-6-20/h2-8,11-12,15,18,22-23H,9-10,13-14,16-17,19H2,1H3/b18-15+. The molecule has 1 aliphatic heterocycles. The predicted molar refractivity (Wildman–Crippen MR) is 125 cm³/mol. The van der Waals surface area contributed by atoms with Crippen molar-refractivity contribution in [3.8, 4) is 5.75 Å². The van der Waals surface area contributed by atoms with Crippen LogP contribution in [0.3, 0.4) is 0 Å². The molecule has 6 nitrogen and oxygen atoms in total. The number of carbonyl (C=O) groups is 1. The number of piperidine rings is 1. The zero-order valence-electron chi connectivity index (χ0n) is 18.4. The van der Waals surface area contributed by atoms with Crippen molar-refractivity contribution in [3.05, 3.63) is 71.1 Å². The van der Waals surface area contributed by atoms with Crippen LogP contribution >= 0.6 is 0 Å². The van der Waals surface area contributed by atoms with Gasteiger partial charge in [0, 0.05) is 37.0 Å². The van der Waals surface area contributed by atoms with E-state index in [1.165, 1.54) is 9.71 Å². The molecule has 0 atom stereocenters. The van der Waals surface area contributed by atoms with E-state index >= 15 is 0 Å². The molecule has 0 radical (unpaired) electrons. The SMILES string of the molecule is COc1ccc(CN(C(=O)C2CCN(S(=O)(=O)/C=C/c3ccccc3)CC2)C2CC2)cc1. The number of hydrogen-bond acceptors (Lipinski definition) is 4. The molecule has 2 aliphatic rings. The molecule has 1 heterocycles. The molecule has 0 unspecified atom stereocenters. The molecule has 2 fully saturated rings. The third kappa shape index (κ3) is 5.58. The molecule has 2 aromatic carbocycles. The van der Waals surface area contributed by atoms with Crippen molar-refractivity contribution in [2.24, 2.45) is 5.92 Å². The zero-order chi connectivity index (χ0) is 22.6. The molecule has 0 N–H and O–H groups in total. The first-order chi connectivity index (χ1) is 15.5. The third-order valence-corrected chi connectivity index (χ3v) is 7.74. The molecule has 32 heavy (non-hydrogen) atoms. The maximum atomic E-state index is 13.3. The molecule has 2 aromatic rings. The lowest BCUT2D eigenvalue weighted by atomic mass is 9.96. The van der Waals surface area contributed by atoms with Crippen molar-refractivity contribution in [3.63, 3.8) is 0 Å². The highest BCUT2D eigenvalue weighted by Crippen LogP contribution is 2.32. The van der Waals surface area contributed by atoms with E-state index in [0.717, 1.165) is 29.7 Å². The van der Waals surface area contributed by atoms with Gasteiger partial charge in [-0.15, -0.1) is 0 Å². The Balaban J connectivity index is 1.35. The minimum absolute atomic E-state index is 0.126. The Kier molecular flexibility index (Phi) is 6.96. The van der Waals surface area contributed by atoms with E-state index in [-0.39, 0.29) is 11.8 Å². The van der Waals surface area contributed by atoms with E-state index in [2.05, 4.69) is 0 Å². The summed E-state index contributed by atoms with van der Waals surface area (Å²) in [7, 11) is -1.86. The van der Waals surface area contributed by atoms with Gasteiger partial charge in [0.25, 0.3) is 0 Å². The van der Waals surface area contributed by atoms with Gasteiger partial charge in [-0.1, -0.05) is 42.5 Å². The topological polar surface area (TPSA) is 66.9 Å². The first kappa shape index (κ1) is 22.6. The quantitative estimate of drug-likeness (QED) is 0.607. The summed E-state index contributed by atoms with van der Waals surface area (Å²) in [5.74, 6) is 0.825. The highest BCUT2D eigenvalue weighted by atomic mass is 32.2. The van der Waals surface area contributed by atoms with E-state index in [0.29, 0.717) is 38.5 Å². The maximum absolute atomic E-state index is 13.3. The predicted octanol–water partition coefficient (Wildman–Crippen LogP) is 3.90. The van der Waals surface area contributed by atoms with Gasteiger partial charge in [0.05, 0.1) is 7.11 Å². The van der Waals surface area contributed by atoms with Gasteiger partial charge in [-0.2, -0.15) is 4.31 Å². The van der Waals surface area contributed by atoms with Crippen molar-refractivity contribution in [1.82, 2.24) is 9.21 Å². The van der Waals surface area contributed by atoms with Crippen molar-refractivity contribution in [2.45, 2.75) is 38.3 Å². The first-order valence-corrected chi connectivity index (χ1v) is 12.6. The Hall–Kier alpha value is -2.64. The number of amides is 1. The van der Waals surface area contributed by atoms with Crippen LogP contribution in [0.4, 0.5) is 0 Å². The monoisotopic (exact) mass is 454 g/mol. The molecule has 7 heteroatoms. The zero-order valence-corrected chi connectivity index (χ0v) is 19.2. The lowest BCUT2D eigenvalue weighted by Gasteiger charge is -2.33. The fraction of sp³-hybridized carbons (Fsp3) is 0.400. The molecule has 4 rings (SSSR count). The average Bonchev–Trinajstić information content (AvgIpc) is 3.67. The summed E-state index contributed by atoms with van der Waals surface area (Å²) in [6.07, 6.45) is 4.82. The number of carbonyl (C=O) groups excluding carboxylic acids is 1. The Morgan fingerprint density at radius 1 is 1.03 bits per heavy atom. The van der Waals surface area contributed by atoms with E-state index in [4.69, 9.17) is 4.74 Å². The molecule has 1 saturated carbocycles. The van der Waals surface area contributed by atoms with E-state index in [1.54, 1.807) is 13.2 Å². The van der Waals surface area contributed by atoms with Crippen molar-refractivity contribution in [1.29, 1.82) is 0 Å². The number of methoxy groups -OCH3 is 1. The molecule has 1 saturated heterocycles. The summed E-state index contributed by atoms with van der Waals surface area (Å²) in [4.78, 5) is 15.3. The van der Waals surface area contributed by atoms with Crippen LogP contribution in [0, 0.1) is 5.92 Å². The summed E-state index contributed by atoms with van der Waals surface area (Å²) in [6.45, 7) is 1.34. The average molecular weight is 455 g/mol. The Labute approximate surface area is 190 Å². The first-order valence-electron chi connectivity index (χ1n) is 11.1. The largest absolute Gasteiger partial charge is 0.497 e. The Morgan fingerprint density at radius 3 is 2.28 bits per heavy atom. The van der Waals surface area contributed by atoms with Gasteiger partial charge in [-0.25, -0.2) is 8.42 Å². The fourth-order valence-corrected chi connectivity index (χ4v) is 5.33. The van der Waals surface area contributed by atoms with Crippen LogP contribution in [-0.2, 0) is 21.4 Å². The highest BCUT2D eigenvalue weighted by Gasteiger charge is 2.38. The number of sulfonamides is 1. The van der Waals surface area contributed by atoms with Crippen molar-refractivity contribution < 1.29 is 17.9 Å². The summed E-state index contributed by atoms with van der Waals surface area (Å²) in [5.41, 5.74) is 1.93. The molecule has 1 amide bonds. The van der Waals surface area contributed by atoms with Crippen LogP contribution in [0.2, 0.25) is 0 Å². The second kappa shape index (κ2) is 9.88. The summed E-state index contributed by atoms with van der Waals surface area (Å²) >= 11 is 0. The Morgan fingerprint density at radius 2 is 1.69 bits per heavy atom. The second-order valence-corrected chi connectivity index (χ2v) is 10.3. The molecule has 1 aliphatic carbocycles. The number of rotatable bonds is 8. The number of hydrogen-bond donors (Lipinski definition) is 0. The van der Waals surface area contributed by atoms with Crippen LogP contribution in [0.15, 0.2) is 60.0 Å². The molecular weight excluding hydrogens is 424 g/mol. The lowest BCUT2D eigenvalue weighted by molar-refractivity contribution is -0.138. The van der Waals surface area contributed by atoms with Gasteiger partial charge in [0.15, 0.2) is 0 Å². The lowest BCUT2D eigenvalue weighted by Crippen LogP contribution is -2.44. The van der Waals surface area contributed by atoms with Gasteiger partial charge in [0.2, 0.25) is 15.9 Å². The molecule has 0 aromatic heterocycles. The van der Waals surface area contributed by atoms with E-state index < -0.39 is 10.0 Å². The van der Waals surface area contributed by atoms with Crippen LogP contribution in [0.5, 0.6) is 5.75 Å². The number of benzene rings is 2. The van der Waals surface area contributed by atoms with Crippen LogP contribution in [-0.4, -0.2) is 49.8 Å². The van der Waals surface area contributed by atoms with E-state index in [9.17, 15) is 13.2 Å². The molecular formula is C25H30N2O4S. The maximum Gasteiger partial charge on any atom is 0.236 e. The number of nitrogens with zero attached hydrogens (tertiary/aromatic N) is 2. The van der Waals surface area contributed by atoms with E-state index in [1.807, 2.05) is 59.5 Å². The van der Waals surface area contributed by atoms with Gasteiger partial charge < -0.3 is 9.64 Å². The smallest absolute Gasteiger partial charge is 0.236 e. The van der Waals surface area contributed by atoms with Gasteiger partial charge in [-0.3, -0.25) is 4.79 Å². The second-order valence-electron chi connectivity index (χ2n) is 8.48. The number of ether oxygens (including phenoxy) is 1. The summed E-state index contributed by atoms with van der Waals surface area (Å²) in [5, 5.41) is 1.27. The minimum atomic E-state index is -3.49.